The van der Waals surface area contributed by atoms with Crippen LogP contribution in [-0.4, -0.2) is 0 Å². The third-order valence-corrected chi connectivity index (χ3v) is 6.27. The number of hydrogen-bond donors (Lipinski definition) is 0. The monoisotopic (exact) mass is 396 g/mol. The summed E-state index contributed by atoms with van der Waals surface area (Å²) in [5, 5.41) is 0. The quantitative estimate of drug-likeness (QED) is 0.674. The van der Waals surface area contributed by atoms with Crippen LogP contribution in [0.15, 0.2) is 24.3 Å². The first kappa shape index (κ1) is 11.3. The first-order chi connectivity index (χ1) is 6.04. The van der Waals surface area contributed by atoms with Gasteiger partial charge in [-0.1, -0.05) is 0 Å². The van der Waals surface area contributed by atoms with Gasteiger partial charge in [0, 0.05) is 0 Å². The van der Waals surface area contributed by atoms with Crippen molar-refractivity contribution in [1.29, 1.82) is 0 Å². The standard InChI is InChI=1S/C8H6F3.ClH.Hg/c1-6-3-2-4-7(5-6)8(9,10)11;;/h2-5H,1H2;1H;/q;;+1/p-1. The summed E-state index contributed by atoms with van der Waals surface area (Å²) in [4.78, 5) is 0. The molecule has 0 fully saturated rings. The van der Waals surface area contributed by atoms with E-state index in [-0.39, 0.29) is 0 Å². The SMILES string of the molecule is FC(F)(F)c1cccc([CH2][Hg][Cl])c1. The van der Waals surface area contributed by atoms with E-state index >= 15 is 0 Å². The zero-order valence-corrected chi connectivity index (χ0v) is 13.0. The first-order valence-electron chi connectivity index (χ1n) is 3.76. The van der Waals surface area contributed by atoms with Gasteiger partial charge >= 0.3 is 90.3 Å². The molecule has 0 saturated heterocycles. The van der Waals surface area contributed by atoms with Gasteiger partial charge in [0.15, 0.2) is 0 Å². The fraction of sp³-hybridized carbons (Fsp3) is 0.250. The minimum atomic E-state index is -4.24. The molecule has 0 heterocycles. The van der Waals surface area contributed by atoms with Crippen molar-refractivity contribution in [2.45, 2.75) is 10.1 Å². The van der Waals surface area contributed by atoms with Crippen LogP contribution < -0.4 is 0 Å². The Morgan fingerprint density at radius 2 is 2.00 bits per heavy atom. The number of alkyl halides is 3. The molecule has 0 nitrogen and oxygen atoms in total. The second-order valence-electron chi connectivity index (χ2n) is 2.64. The van der Waals surface area contributed by atoms with Gasteiger partial charge in [-0.25, -0.2) is 0 Å². The maximum absolute atomic E-state index is 12.2. The molecule has 0 atom stereocenters. The van der Waals surface area contributed by atoms with Crippen LogP contribution in [0.4, 0.5) is 13.2 Å². The van der Waals surface area contributed by atoms with Crippen LogP contribution in [0, 0.1) is 0 Å². The molecule has 0 amide bonds. The molecule has 0 N–H and O–H groups in total. The van der Waals surface area contributed by atoms with Crippen LogP contribution in [0.3, 0.4) is 0 Å². The van der Waals surface area contributed by atoms with Crippen molar-refractivity contribution in [2.24, 2.45) is 0 Å². The third-order valence-electron chi connectivity index (χ3n) is 1.64. The molecule has 0 aliphatic rings. The van der Waals surface area contributed by atoms with E-state index in [1.54, 1.807) is 6.07 Å². The Balaban J connectivity index is 2.92. The summed E-state index contributed by atoms with van der Waals surface area (Å²) in [5.41, 5.74) is 0.134. The van der Waals surface area contributed by atoms with E-state index in [1.165, 1.54) is 12.1 Å². The van der Waals surface area contributed by atoms with Crippen LogP contribution in [0.1, 0.15) is 11.1 Å². The molecular formula is C8H6ClF3Hg. The summed E-state index contributed by atoms with van der Waals surface area (Å²) in [7, 11) is 5.64. The van der Waals surface area contributed by atoms with Crippen molar-refractivity contribution in [3.05, 3.63) is 35.4 Å². The van der Waals surface area contributed by atoms with Crippen molar-refractivity contribution < 1.29 is 36.5 Å². The Bertz CT molecular complexity index is 285. The molecule has 1 aromatic carbocycles. The molecule has 0 unspecified atom stereocenters. The van der Waals surface area contributed by atoms with Gasteiger partial charge in [0.25, 0.3) is 0 Å². The topological polar surface area (TPSA) is 0 Å². The molecule has 0 spiro atoms. The molecule has 0 bridgehead atoms. The van der Waals surface area contributed by atoms with E-state index in [0.29, 0.717) is 9.49 Å². The summed E-state index contributed by atoms with van der Waals surface area (Å²) < 4.78 is 37.3. The summed E-state index contributed by atoms with van der Waals surface area (Å²) in [6, 6.07) is 5.38. The second-order valence-corrected chi connectivity index (χ2v) is 9.37. The molecule has 0 radical (unpaired) electrons. The Morgan fingerprint density at radius 3 is 2.54 bits per heavy atom. The van der Waals surface area contributed by atoms with E-state index in [4.69, 9.17) is 8.25 Å². The van der Waals surface area contributed by atoms with Crippen LogP contribution in [-0.2, 0) is 33.4 Å². The van der Waals surface area contributed by atoms with Crippen LogP contribution >= 0.6 is 8.25 Å². The van der Waals surface area contributed by atoms with Gasteiger partial charge in [-0.2, -0.15) is 0 Å². The number of rotatable bonds is 2. The second kappa shape index (κ2) is 4.64. The van der Waals surface area contributed by atoms with Gasteiger partial charge in [0.2, 0.25) is 0 Å². The molecule has 0 aliphatic carbocycles. The first-order valence-corrected chi connectivity index (χ1v) is 14.4. The molecule has 0 aliphatic heterocycles. The minimum absolute atomic E-state index is 0.580. The average molecular weight is 395 g/mol. The molecule has 1 aromatic rings. The normalized spacial score (nSPS) is 11.1. The number of halogens is 4. The predicted octanol–water partition coefficient (Wildman–Crippen LogP) is 3.44. The van der Waals surface area contributed by atoms with E-state index in [0.717, 1.165) is 6.07 Å². The molecule has 1 rings (SSSR count). The van der Waals surface area contributed by atoms with Crippen molar-refractivity contribution in [3.63, 3.8) is 0 Å². The van der Waals surface area contributed by atoms with Crippen molar-refractivity contribution in [3.8, 4) is 0 Å². The summed E-state index contributed by atoms with van der Waals surface area (Å²) in [6.07, 6.45) is -4.24. The molecule has 0 saturated carbocycles. The Kier molecular flexibility index (Phi) is 4.04. The molecule has 13 heavy (non-hydrogen) atoms. The summed E-state index contributed by atoms with van der Waals surface area (Å²) in [6.45, 7) is 0. The summed E-state index contributed by atoms with van der Waals surface area (Å²) in [5.74, 6) is 0. The van der Waals surface area contributed by atoms with E-state index in [2.05, 4.69) is 0 Å². The number of benzene rings is 1. The Labute approximate surface area is 90.0 Å². The fourth-order valence-electron chi connectivity index (χ4n) is 1.01. The van der Waals surface area contributed by atoms with E-state index < -0.39 is 35.1 Å². The van der Waals surface area contributed by atoms with Crippen molar-refractivity contribution >= 4 is 8.25 Å². The van der Waals surface area contributed by atoms with Gasteiger partial charge in [-0.15, -0.1) is 0 Å². The number of hydrogen-bond acceptors (Lipinski definition) is 0. The van der Waals surface area contributed by atoms with Crippen LogP contribution in [0.5, 0.6) is 0 Å². The zero-order valence-electron chi connectivity index (χ0n) is 6.74. The van der Waals surface area contributed by atoms with E-state index in [1.807, 2.05) is 0 Å². The van der Waals surface area contributed by atoms with E-state index in [9.17, 15) is 13.2 Å². The Morgan fingerprint density at radius 1 is 1.31 bits per heavy atom. The third kappa shape index (κ3) is 3.46. The van der Waals surface area contributed by atoms with Gasteiger partial charge in [-0.05, 0) is 0 Å². The van der Waals surface area contributed by atoms with Crippen molar-refractivity contribution in [1.82, 2.24) is 0 Å². The Hall–Kier alpha value is 0.235. The zero-order chi connectivity index (χ0) is 9.90. The average Bonchev–Trinajstić information content (AvgIpc) is 2.04. The molecular weight excluding hydrogens is 389 g/mol. The molecule has 68 valence electrons. The fourth-order valence-corrected chi connectivity index (χ4v) is 4.98. The van der Waals surface area contributed by atoms with Crippen molar-refractivity contribution in [2.75, 3.05) is 0 Å². The van der Waals surface area contributed by atoms with Gasteiger partial charge in [0.05, 0.1) is 0 Å². The molecule has 0 aromatic heterocycles. The summed E-state index contributed by atoms with van der Waals surface area (Å²) >= 11 is -1.38. The van der Waals surface area contributed by atoms with Crippen LogP contribution in [0.25, 0.3) is 0 Å². The van der Waals surface area contributed by atoms with Gasteiger partial charge in [0.1, 0.15) is 0 Å². The maximum atomic E-state index is 12.2. The van der Waals surface area contributed by atoms with Gasteiger partial charge < -0.3 is 0 Å². The predicted molar refractivity (Wildman–Crippen MR) is 41.0 cm³/mol. The van der Waals surface area contributed by atoms with Crippen LogP contribution in [0.2, 0.25) is 0 Å². The molecule has 5 heteroatoms. The van der Waals surface area contributed by atoms with Gasteiger partial charge in [-0.3, -0.25) is 0 Å².